The fourth-order valence-electron chi connectivity index (χ4n) is 4.48. The van der Waals surface area contributed by atoms with Gasteiger partial charge >= 0.3 is 0 Å². The van der Waals surface area contributed by atoms with E-state index in [0.717, 1.165) is 8.95 Å². The summed E-state index contributed by atoms with van der Waals surface area (Å²) in [6.45, 7) is 0. The molecule has 0 aromatic heterocycles. The van der Waals surface area contributed by atoms with E-state index in [2.05, 4.69) is 42.5 Å². The zero-order chi connectivity index (χ0) is 31.2. The van der Waals surface area contributed by atoms with E-state index in [1.54, 1.807) is 91.0 Å². The first-order chi connectivity index (χ1) is 21.2. The molecule has 1 atom stereocenters. The molecule has 1 heterocycles. The fraction of sp³-hybridized carbons (Fsp3) is 0.0909. The van der Waals surface area contributed by atoms with E-state index in [9.17, 15) is 19.2 Å². The average Bonchev–Trinajstić information content (AvgIpc) is 3.29. The maximum atomic E-state index is 13.6. The monoisotopic (exact) mass is 733 g/mol. The number of halogens is 2. The number of hydrogen-bond acceptors (Lipinski definition) is 6. The van der Waals surface area contributed by atoms with Gasteiger partial charge in [0, 0.05) is 37.1 Å². The second-order valence-corrected chi connectivity index (χ2v) is 12.7. The van der Waals surface area contributed by atoms with Gasteiger partial charge in [0.05, 0.1) is 18.0 Å². The van der Waals surface area contributed by atoms with Gasteiger partial charge in [0.15, 0.2) is 0 Å². The van der Waals surface area contributed by atoms with Crippen molar-refractivity contribution < 1.29 is 23.9 Å². The normalized spacial score (nSPS) is 14.8. The minimum atomic E-state index is -0.610. The van der Waals surface area contributed by atoms with Gasteiger partial charge in [0.2, 0.25) is 11.8 Å². The quantitative estimate of drug-likeness (QED) is 0.141. The molecule has 44 heavy (non-hydrogen) atoms. The van der Waals surface area contributed by atoms with Crippen LogP contribution < -0.4 is 20.3 Å². The van der Waals surface area contributed by atoms with E-state index in [4.69, 9.17) is 4.74 Å². The van der Waals surface area contributed by atoms with E-state index in [1.807, 2.05) is 6.07 Å². The predicted octanol–water partition coefficient (Wildman–Crippen LogP) is 7.05. The van der Waals surface area contributed by atoms with Crippen LogP contribution in [0.2, 0.25) is 0 Å². The van der Waals surface area contributed by atoms with Crippen LogP contribution >= 0.6 is 43.6 Å². The van der Waals surface area contributed by atoms with Crippen molar-refractivity contribution in [2.45, 2.75) is 16.6 Å². The summed E-state index contributed by atoms with van der Waals surface area (Å²) in [5.74, 6) is -1.07. The van der Waals surface area contributed by atoms with Crippen LogP contribution in [0, 0.1) is 0 Å². The van der Waals surface area contributed by atoms with Crippen molar-refractivity contribution >= 4 is 84.7 Å². The van der Waals surface area contributed by atoms with Gasteiger partial charge < -0.3 is 15.4 Å². The molecule has 1 unspecified atom stereocenters. The van der Waals surface area contributed by atoms with Gasteiger partial charge in [-0.1, -0.05) is 56.1 Å². The maximum absolute atomic E-state index is 13.6. The van der Waals surface area contributed by atoms with Crippen LogP contribution in [0.4, 0.5) is 11.4 Å². The summed E-state index contributed by atoms with van der Waals surface area (Å²) in [6.07, 6.45) is 1.60. The second-order valence-electron chi connectivity index (χ2n) is 9.60. The van der Waals surface area contributed by atoms with E-state index in [0.29, 0.717) is 33.1 Å². The van der Waals surface area contributed by atoms with Gasteiger partial charge in [-0.15, -0.1) is 11.8 Å². The summed E-state index contributed by atoms with van der Waals surface area (Å²) < 4.78 is 7.07. The van der Waals surface area contributed by atoms with Gasteiger partial charge in [0.25, 0.3) is 11.8 Å². The van der Waals surface area contributed by atoms with Crippen molar-refractivity contribution in [3.8, 4) is 5.75 Å². The van der Waals surface area contributed by atoms with Crippen molar-refractivity contribution in [1.82, 2.24) is 5.32 Å². The molecule has 0 radical (unpaired) electrons. The summed E-state index contributed by atoms with van der Waals surface area (Å²) >= 11 is 8.06. The molecule has 2 N–H and O–H groups in total. The largest absolute Gasteiger partial charge is 0.496 e. The first-order valence-corrected chi connectivity index (χ1v) is 15.8. The Kier molecular flexibility index (Phi) is 9.99. The van der Waals surface area contributed by atoms with Crippen molar-refractivity contribution in [2.24, 2.45) is 0 Å². The first-order valence-electron chi connectivity index (χ1n) is 13.3. The second kappa shape index (κ2) is 14.1. The van der Waals surface area contributed by atoms with Crippen LogP contribution in [0.1, 0.15) is 22.3 Å². The Hall–Kier alpha value is -4.19. The minimum Gasteiger partial charge on any atom is -0.496 e. The lowest BCUT2D eigenvalue weighted by Gasteiger charge is -2.15. The molecule has 11 heteroatoms. The highest BCUT2D eigenvalue weighted by atomic mass is 79.9. The lowest BCUT2D eigenvalue weighted by atomic mass is 10.1. The zero-order valence-corrected chi connectivity index (χ0v) is 27.2. The maximum Gasteiger partial charge on any atom is 0.272 e. The number of anilines is 2. The summed E-state index contributed by atoms with van der Waals surface area (Å²) in [4.78, 5) is 54.4. The molecule has 1 aliphatic heterocycles. The van der Waals surface area contributed by atoms with Crippen LogP contribution in [0.25, 0.3) is 6.08 Å². The molecule has 8 nitrogen and oxygen atoms in total. The standard InChI is InChI=1S/C33H25Br2N3O5S/c1-43-28-15-12-23(35)16-21(28)17-27(37-31(40)20-6-3-2-4-7-20)32(41)36-24-8-5-9-26(18-24)44-29-19-30(39)38(33(29)42)25-13-10-22(34)11-14-25/h2-18,29H,19H2,1H3,(H,36,41)(H,37,40)/b27-17-. The zero-order valence-electron chi connectivity index (χ0n) is 23.3. The molecule has 1 fully saturated rings. The van der Waals surface area contributed by atoms with Crippen molar-refractivity contribution in [3.05, 3.63) is 123 Å². The lowest BCUT2D eigenvalue weighted by molar-refractivity contribution is -0.121. The number of nitrogens with zero attached hydrogens (tertiary/aromatic N) is 1. The molecule has 0 aliphatic carbocycles. The molecule has 1 saturated heterocycles. The predicted molar refractivity (Wildman–Crippen MR) is 179 cm³/mol. The Morgan fingerprint density at radius 2 is 1.64 bits per heavy atom. The molecule has 0 spiro atoms. The van der Waals surface area contributed by atoms with Gasteiger partial charge in [-0.3, -0.25) is 19.2 Å². The summed E-state index contributed by atoms with van der Waals surface area (Å²) in [5, 5.41) is 4.96. The van der Waals surface area contributed by atoms with E-state index < -0.39 is 17.1 Å². The van der Waals surface area contributed by atoms with Gasteiger partial charge in [-0.2, -0.15) is 0 Å². The number of nitrogens with one attached hydrogen (secondary N) is 2. The molecule has 5 rings (SSSR count). The molecule has 222 valence electrons. The third-order valence-electron chi connectivity index (χ3n) is 6.58. The number of amides is 4. The van der Waals surface area contributed by atoms with Crippen LogP contribution in [-0.2, 0) is 14.4 Å². The molecular formula is C33H25Br2N3O5S. The van der Waals surface area contributed by atoms with Crippen LogP contribution in [0.3, 0.4) is 0 Å². The lowest BCUT2D eigenvalue weighted by Crippen LogP contribution is -2.31. The Morgan fingerprint density at radius 1 is 0.909 bits per heavy atom. The number of ether oxygens (including phenoxy) is 1. The number of rotatable bonds is 9. The highest BCUT2D eigenvalue weighted by molar-refractivity contribution is 9.10. The Balaban J connectivity index is 1.36. The number of methoxy groups -OCH3 is 1. The topological polar surface area (TPSA) is 105 Å². The van der Waals surface area contributed by atoms with E-state index in [-0.39, 0.29) is 23.9 Å². The molecule has 1 aliphatic rings. The number of imide groups is 1. The van der Waals surface area contributed by atoms with E-state index >= 15 is 0 Å². The number of benzene rings is 4. The summed E-state index contributed by atoms with van der Waals surface area (Å²) in [6, 6.07) is 27.9. The highest BCUT2D eigenvalue weighted by Crippen LogP contribution is 2.35. The van der Waals surface area contributed by atoms with E-state index in [1.165, 1.54) is 29.8 Å². The Bertz CT molecular complexity index is 1760. The minimum absolute atomic E-state index is 0.00461. The van der Waals surface area contributed by atoms with Crippen LogP contribution in [0.15, 0.2) is 117 Å². The molecule has 4 amide bonds. The fourth-order valence-corrected chi connectivity index (χ4v) is 6.24. The first kappa shape index (κ1) is 31.2. The number of hydrogen-bond donors (Lipinski definition) is 2. The number of carbonyl (C=O) groups is 4. The van der Waals surface area contributed by atoms with Crippen LogP contribution in [-0.4, -0.2) is 36.0 Å². The molecule has 0 bridgehead atoms. The summed E-state index contributed by atoms with van der Waals surface area (Å²) in [5.41, 5.74) is 1.92. The third kappa shape index (κ3) is 7.47. The average molecular weight is 735 g/mol. The Labute approximate surface area is 275 Å². The van der Waals surface area contributed by atoms with Gasteiger partial charge in [-0.05, 0) is 78.9 Å². The molecular weight excluding hydrogens is 710 g/mol. The smallest absolute Gasteiger partial charge is 0.272 e. The molecule has 4 aromatic rings. The summed E-state index contributed by atoms with van der Waals surface area (Å²) in [7, 11) is 1.52. The molecule has 4 aromatic carbocycles. The number of carbonyl (C=O) groups excluding carboxylic acids is 4. The van der Waals surface area contributed by atoms with Crippen molar-refractivity contribution in [2.75, 3.05) is 17.3 Å². The Morgan fingerprint density at radius 3 is 2.36 bits per heavy atom. The van der Waals surface area contributed by atoms with Crippen molar-refractivity contribution in [1.29, 1.82) is 0 Å². The van der Waals surface area contributed by atoms with Gasteiger partial charge in [0.1, 0.15) is 11.4 Å². The third-order valence-corrected chi connectivity index (χ3v) is 8.78. The van der Waals surface area contributed by atoms with Crippen LogP contribution in [0.5, 0.6) is 5.75 Å². The van der Waals surface area contributed by atoms with Gasteiger partial charge in [-0.25, -0.2) is 4.90 Å². The highest BCUT2D eigenvalue weighted by Gasteiger charge is 2.40. The molecule has 0 saturated carbocycles. The SMILES string of the molecule is COc1ccc(Br)cc1/C=C(\NC(=O)c1ccccc1)C(=O)Nc1cccc(SC2CC(=O)N(c3ccc(Br)cc3)C2=O)c1. The van der Waals surface area contributed by atoms with Crippen molar-refractivity contribution in [3.63, 3.8) is 0 Å². The number of thioether (sulfide) groups is 1.